The largest absolute Gasteiger partial charge is 0.0804 e. The summed E-state index contributed by atoms with van der Waals surface area (Å²) in [7, 11) is 0. The zero-order valence-corrected chi connectivity index (χ0v) is 16.8. The molecule has 2 atom stereocenters. The average molecular weight is 347 g/mol. The van der Waals surface area contributed by atoms with Gasteiger partial charge in [-0.3, -0.25) is 0 Å². The lowest BCUT2D eigenvalue weighted by molar-refractivity contribution is 0.362. The second kappa shape index (κ2) is 9.21. The van der Waals surface area contributed by atoms with Crippen LogP contribution in [0.3, 0.4) is 0 Å². The molecule has 26 heavy (non-hydrogen) atoms. The Balaban J connectivity index is 1.64. The summed E-state index contributed by atoms with van der Waals surface area (Å²) in [6.07, 6.45) is 11.5. The van der Waals surface area contributed by atoms with Gasteiger partial charge in [0.1, 0.15) is 0 Å². The van der Waals surface area contributed by atoms with Crippen molar-refractivity contribution in [3.05, 3.63) is 65.7 Å². The van der Waals surface area contributed by atoms with Gasteiger partial charge >= 0.3 is 0 Å². The zero-order valence-electron chi connectivity index (χ0n) is 16.8. The first-order valence-corrected chi connectivity index (χ1v) is 10.6. The predicted octanol–water partition coefficient (Wildman–Crippen LogP) is 7.93. The number of rotatable bonds is 7. The molecule has 2 aromatic rings. The van der Waals surface area contributed by atoms with Gasteiger partial charge in [-0.15, -0.1) is 0 Å². The minimum atomic E-state index is 0.873. The molecule has 0 aliphatic heterocycles. The van der Waals surface area contributed by atoms with Gasteiger partial charge in [0, 0.05) is 0 Å². The van der Waals surface area contributed by atoms with E-state index in [-0.39, 0.29) is 0 Å². The summed E-state index contributed by atoms with van der Waals surface area (Å²) in [6, 6.07) is 18.3. The fourth-order valence-electron chi connectivity index (χ4n) is 4.13. The van der Waals surface area contributed by atoms with Gasteiger partial charge in [-0.05, 0) is 71.8 Å². The van der Waals surface area contributed by atoms with Crippen molar-refractivity contribution < 1.29 is 0 Å². The third kappa shape index (κ3) is 4.87. The van der Waals surface area contributed by atoms with Crippen molar-refractivity contribution in [1.82, 2.24) is 0 Å². The number of aryl methyl sites for hydroxylation is 1. The van der Waals surface area contributed by atoms with E-state index < -0.39 is 0 Å². The summed E-state index contributed by atoms with van der Waals surface area (Å²) in [6.45, 7) is 6.94. The van der Waals surface area contributed by atoms with Crippen LogP contribution in [0.5, 0.6) is 0 Å². The summed E-state index contributed by atoms with van der Waals surface area (Å²) in [5, 5.41) is 0. The molecule has 0 spiro atoms. The minimum Gasteiger partial charge on any atom is -0.0804 e. The van der Waals surface area contributed by atoms with E-state index in [4.69, 9.17) is 0 Å². The summed E-state index contributed by atoms with van der Waals surface area (Å²) in [5.41, 5.74) is 7.05. The molecule has 138 valence electrons. The van der Waals surface area contributed by atoms with E-state index in [1.807, 2.05) is 0 Å². The molecular formula is C26H34. The van der Waals surface area contributed by atoms with E-state index >= 15 is 0 Å². The lowest BCUT2D eigenvalue weighted by atomic mass is 9.81. The summed E-state index contributed by atoms with van der Waals surface area (Å²) >= 11 is 0. The molecule has 0 saturated heterocycles. The highest BCUT2D eigenvalue weighted by atomic mass is 14.2. The van der Waals surface area contributed by atoms with Crippen molar-refractivity contribution in [3.8, 4) is 11.1 Å². The van der Waals surface area contributed by atoms with Crippen LogP contribution in [-0.4, -0.2) is 0 Å². The van der Waals surface area contributed by atoms with E-state index in [1.54, 1.807) is 5.57 Å². The minimum absolute atomic E-state index is 0.873. The molecule has 0 N–H and O–H groups in total. The number of allylic oxidation sites excluding steroid dienone is 2. The van der Waals surface area contributed by atoms with Crippen LogP contribution in [-0.2, 0) is 6.42 Å². The Kier molecular flexibility index (Phi) is 6.72. The van der Waals surface area contributed by atoms with Crippen molar-refractivity contribution in [2.24, 2.45) is 11.8 Å². The molecule has 0 fully saturated rings. The fraction of sp³-hybridized carbons (Fsp3) is 0.462. The Morgan fingerprint density at radius 2 is 1.50 bits per heavy atom. The van der Waals surface area contributed by atoms with Crippen molar-refractivity contribution >= 4 is 5.57 Å². The Bertz CT molecular complexity index is 703. The van der Waals surface area contributed by atoms with Gasteiger partial charge in [0.2, 0.25) is 0 Å². The second-order valence-electron chi connectivity index (χ2n) is 8.14. The van der Waals surface area contributed by atoms with Crippen LogP contribution in [0.4, 0.5) is 0 Å². The highest BCUT2D eigenvalue weighted by Gasteiger charge is 2.17. The highest BCUT2D eigenvalue weighted by Crippen LogP contribution is 2.34. The molecule has 2 aromatic carbocycles. The maximum absolute atomic E-state index is 2.51. The molecule has 0 bridgehead atoms. The SMILES string of the molecule is CCCc1ccc(-c2ccc(C3=CCC(CC(C)CC)CC3)cc2)cc1. The van der Waals surface area contributed by atoms with Gasteiger partial charge in [-0.1, -0.05) is 88.2 Å². The average Bonchev–Trinajstić information content (AvgIpc) is 2.69. The maximum atomic E-state index is 2.51. The Labute approximate surface area is 160 Å². The normalized spacial score (nSPS) is 18.4. The topological polar surface area (TPSA) is 0 Å². The first kappa shape index (κ1) is 19.0. The van der Waals surface area contributed by atoms with Crippen LogP contribution in [0.25, 0.3) is 16.7 Å². The standard InChI is InChI=1S/C26H34/c1-4-6-21-7-11-23(12-8-21)25-15-17-26(18-16-25)24-13-9-22(10-14-24)19-20(3)5-2/h7-8,11-13,15-18,20,22H,4-6,9-10,14,19H2,1-3H3. The first-order valence-electron chi connectivity index (χ1n) is 10.6. The van der Waals surface area contributed by atoms with Gasteiger partial charge in [0.15, 0.2) is 0 Å². The summed E-state index contributed by atoms with van der Waals surface area (Å²) in [4.78, 5) is 0. The van der Waals surface area contributed by atoms with E-state index in [9.17, 15) is 0 Å². The second-order valence-corrected chi connectivity index (χ2v) is 8.14. The molecule has 1 aliphatic carbocycles. The van der Waals surface area contributed by atoms with E-state index in [0.717, 1.165) is 11.8 Å². The van der Waals surface area contributed by atoms with Gasteiger partial charge < -0.3 is 0 Å². The zero-order chi connectivity index (χ0) is 18.4. The van der Waals surface area contributed by atoms with Crippen LogP contribution in [0.15, 0.2) is 54.6 Å². The molecule has 0 heterocycles. The number of hydrogen-bond donors (Lipinski definition) is 0. The molecule has 0 saturated carbocycles. The predicted molar refractivity (Wildman–Crippen MR) is 115 cm³/mol. The van der Waals surface area contributed by atoms with Crippen molar-refractivity contribution in [2.45, 2.75) is 65.7 Å². The molecule has 0 aromatic heterocycles. The molecule has 0 amide bonds. The third-order valence-corrected chi connectivity index (χ3v) is 6.03. The van der Waals surface area contributed by atoms with Crippen molar-refractivity contribution in [3.63, 3.8) is 0 Å². The van der Waals surface area contributed by atoms with Crippen LogP contribution < -0.4 is 0 Å². The lowest BCUT2D eigenvalue weighted by Crippen LogP contribution is -2.09. The van der Waals surface area contributed by atoms with Crippen LogP contribution in [0.1, 0.15) is 70.4 Å². The number of hydrogen-bond acceptors (Lipinski definition) is 0. The molecule has 0 nitrogen and oxygen atoms in total. The van der Waals surface area contributed by atoms with Crippen LogP contribution in [0, 0.1) is 11.8 Å². The van der Waals surface area contributed by atoms with Gasteiger partial charge in [0.05, 0.1) is 0 Å². The summed E-state index contributed by atoms with van der Waals surface area (Å²) in [5.74, 6) is 1.77. The first-order chi connectivity index (χ1) is 12.7. The lowest BCUT2D eigenvalue weighted by Gasteiger charge is -2.24. The van der Waals surface area contributed by atoms with Crippen molar-refractivity contribution in [1.29, 1.82) is 0 Å². The third-order valence-electron chi connectivity index (χ3n) is 6.03. The maximum Gasteiger partial charge on any atom is -0.0184 e. The van der Waals surface area contributed by atoms with Gasteiger partial charge in [-0.2, -0.15) is 0 Å². The monoisotopic (exact) mass is 346 g/mol. The van der Waals surface area contributed by atoms with E-state index in [0.29, 0.717) is 0 Å². The van der Waals surface area contributed by atoms with Gasteiger partial charge in [-0.25, -0.2) is 0 Å². The highest BCUT2D eigenvalue weighted by molar-refractivity contribution is 5.71. The van der Waals surface area contributed by atoms with Crippen molar-refractivity contribution in [2.75, 3.05) is 0 Å². The molecule has 0 heteroatoms. The Morgan fingerprint density at radius 1 is 0.885 bits per heavy atom. The fourth-order valence-corrected chi connectivity index (χ4v) is 4.13. The molecular weight excluding hydrogens is 312 g/mol. The molecule has 0 radical (unpaired) electrons. The van der Waals surface area contributed by atoms with Crippen LogP contribution in [0.2, 0.25) is 0 Å². The molecule has 2 unspecified atom stereocenters. The van der Waals surface area contributed by atoms with E-state index in [1.165, 1.54) is 67.2 Å². The quantitative estimate of drug-likeness (QED) is 0.477. The van der Waals surface area contributed by atoms with E-state index in [2.05, 4.69) is 75.4 Å². The molecule has 3 rings (SSSR count). The molecule has 1 aliphatic rings. The Hall–Kier alpha value is -1.82. The number of benzene rings is 2. The van der Waals surface area contributed by atoms with Gasteiger partial charge in [0.25, 0.3) is 0 Å². The summed E-state index contributed by atoms with van der Waals surface area (Å²) < 4.78 is 0. The smallest absolute Gasteiger partial charge is 0.0184 e. The van der Waals surface area contributed by atoms with Crippen LogP contribution >= 0.6 is 0 Å². The Morgan fingerprint density at radius 3 is 2.04 bits per heavy atom.